The van der Waals surface area contributed by atoms with Gasteiger partial charge >= 0.3 is 5.97 Å². The molecular formula is C20H32N2O5. The van der Waals surface area contributed by atoms with Gasteiger partial charge in [0.05, 0.1) is 19.3 Å². The highest BCUT2D eigenvalue weighted by molar-refractivity contribution is 6.06. The standard InChI is InChI=1S/C20H32N2O5/c1-9-27-20(25)17-13(4)16(14(5)21(17)7)18(23)15(6)22(10-11-26-8)19(24)12(2)3/h12,15H,9-11H2,1-8H3. The van der Waals surface area contributed by atoms with Crippen LogP contribution in [0, 0.1) is 19.8 Å². The minimum Gasteiger partial charge on any atom is -0.461 e. The molecule has 1 aromatic rings. The third-order valence-corrected chi connectivity index (χ3v) is 4.81. The van der Waals surface area contributed by atoms with Crippen LogP contribution in [0.1, 0.15) is 59.8 Å². The van der Waals surface area contributed by atoms with E-state index in [0.29, 0.717) is 35.7 Å². The van der Waals surface area contributed by atoms with Gasteiger partial charge in [-0.1, -0.05) is 13.8 Å². The number of ether oxygens (including phenoxy) is 2. The Morgan fingerprint density at radius 3 is 2.22 bits per heavy atom. The molecule has 0 aliphatic rings. The number of ketones is 1. The smallest absolute Gasteiger partial charge is 0.355 e. The van der Waals surface area contributed by atoms with Crippen molar-refractivity contribution in [1.29, 1.82) is 0 Å². The minimum absolute atomic E-state index is 0.107. The molecule has 7 heteroatoms. The Morgan fingerprint density at radius 2 is 1.74 bits per heavy atom. The molecule has 0 N–H and O–H groups in total. The molecular weight excluding hydrogens is 348 g/mol. The lowest BCUT2D eigenvalue weighted by atomic mass is 9.99. The normalized spacial score (nSPS) is 12.2. The summed E-state index contributed by atoms with van der Waals surface area (Å²) in [6.07, 6.45) is 0. The number of hydrogen-bond acceptors (Lipinski definition) is 5. The van der Waals surface area contributed by atoms with Crippen molar-refractivity contribution in [2.24, 2.45) is 13.0 Å². The van der Waals surface area contributed by atoms with Gasteiger partial charge in [-0.25, -0.2) is 4.79 Å². The van der Waals surface area contributed by atoms with Crippen molar-refractivity contribution in [1.82, 2.24) is 9.47 Å². The van der Waals surface area contributed by atoms with Gasteiger partial charge in [0.1, 0.15) is 5.69 Å². The zero-order valence-electron chi connectivity index (χ0n) is 17.7. The van der Waals surface area contributed by atoms with Crippen LogP contribution in [0.4, 0.5) is 0 Å². The van der Waals surface area contributed by atoms with Gasteiger partial charge in [-0.15, -0.1) is 0 Å². The van der Waals surface area contributed by atoms with E-state index in [9.17, 15) is 14.4 Å². The fourth-order valence-corrected chi connectivity index (χ4v) is 3.20. The molecule has 7 nitrogen and oxygen atoms in total. The van der Waals surface area contributed by atoms with Crippen molar-refractivity contribution < 1.29 is 23.9 Å². The third-order valence-electron chi connectivity index (χ3n) is 4.81. The first-order valence-corrected chi connectivity index (χ1v) is 9.26. The SMILES string of the molecule is CCOC(=O)c1c(C)c(C(=O)C(C)N(CCOC)C(=O)C(C)C)c(C)n1C. The van der Waals surface area contributed by atoms with Crippen LogP contribution in [0.3, 0.4) is 0 Å². The van der Waals surface area contributed by atoms with Gasteiger partial charge in [0.2, 0.25) is 5.91 Å². The summed E-state index contributed by atoms with van der Waals surface area (Å²) in [7, 11) is 3.29. The van der Waals surface area contributed by atoms with E-state index in [1.807, 2.05) is 0 Å². The number of aromatic nitrogens is 1. The summed E-state index contributed by atoms with van der Waals surface area (Å²) in [5.74, 6) is -0.988. The molecule has 1 unspecified atom stereocenters. The number of Topliss-reactive ketones (excluding diaryl/α,β-unsaturated/α-hetero) is 1. The van der Waals surface area contributed by atoms with E-state index >= 15 is 0 Å². The summed E-state index contributed by atoms with van der Waals surface area (Å²) in [6, 6.07) is -0.662. The van der Waals surface area contributed by atoms with Crippen LogP contribution < -0.4 is 0 Å². The Labute approximate surface area is 161 Å². The maximum atomic E-state index is 13.3. The molecule has 0 aliphatic carbocycles. The van der Waals surface area contributed by atoms with Crippen molar-refractivity contribution in [2.75, 3.05) is 26.9 Å². The number of nitrogens with zero attached hydrogens (tertiary/aromatic N) is 2. The van der Waals surface area contributed by atoms with Crippen LogP contribution in [-0.2, 0) is 21.3 Å². The molecule has 0 spiro atoms. The summed E-state index contributed by atoms with van der Waals surface area (Å²) in [5, 5.41) is 0. The molecule has 0 saturated heterocycles. The Balaban J connectivity index is 3.32. The first kappa shape index (κ1) is 22.9. The Morgan fingerprint density at radius 1 is 1.15 bits per heavy atom. The molecule has 0 aromatic carbocycles. The van der Waals surface area contributed by atoms with Gasteiger partial charge in [-0.2, -0.15) is 0 Å². The highest BCUT2D eigenvalue weighted by atomic mass is 16.5. The number of esters is 1. The molecule has 152 valence electrons. The number of carbonyl (C=O) groups excluding carboxylic acids is 3. The molecule has 0 bridgehead atoms. The second-order valence-electron chi connectivity index (χ2n) is 6.93. The molecule has 1 aromatic heterocycles. The van der Waals surface area contributed by atoms with Crippen LogP contribution >= 0.6 is 0 Å². The molecule has 0 saturated carbocycles. The molecule has 1 amide bonds. The largest absolute Gasteiger partial charge is 0.461 e. The quantitative estimate of drug-likeness (QED) is 0.486. The molecule has 1 rings (SSSR count). The Bertz CT molecular complexity index is 706. The lowest BCUT2D eigenvalue weighted by Gasteiger charge is -2.30. The molecule has 1 heterocycles. The minimum atomic E-state index is -0.662. The first-order valence-electron chi connectivity index (χ1n) is 9.26. The fourth-order valence-electron chi connectivity index (χ4n) is 3.20. The topological polar surface area (TPSA) is 77.8 Å². The molecule has 27 heavy (non-hydrogen) atoms. The Hall–Kier alpha value is -2.15. The van der Waals surface area contributed by atoms with E-state index in [-0.39, 0.29) is 24.2 Å². The molecule has 0 aliphatic heterocycles. The van der Waals surface area contributed by atoms with Gasteiger partial charge in [0.15, 0.2) is 5.78 Å². The van der Waals surface area contributed by atoms with E-state index in [2.05, 4.69) is 0 Å². The second-order valence-corrected chi connectivity index (χ2v) is 6.93. The van der Waals surface area contributed by atoms with Crippen molar-refractivity contribution >= 4 is 17.7 Å². The van der Waals surface area contributed by atoms with Crippen LogP contribution in [0.25, 0.3) is 0 Å². The van der Waals surface area contributed by atoms with Crippen molar-refractivity contribution in [3.8, 4) is 0 Å². The van der Waals surface area contributed by atoms with E-state index in [4.69, 9.17) is 9.47 Å². The number of rotatable bonds is 9. The average Bonchev–Trinajstić information content (AvgIpc) is 2.83. The highest BCUT2D eigenvalue weighted by Gasteiger charge is 2.32. The highest BCUT2D eigenvalue weighted by Crippen LogP contribution is 2.25. The average molecular weight is 380 g/mol. The van der Waals surface area contributed by atoms with Crippen LogP contribution in [-0.4, -0.2) is 60.0 Å². The monoisotopic (exact) mass is 380 g/mol. The summed E-state index contributed by atoms with van der Waals surface area (Å²) in [6.45, 7) is 11.5. The maximum absolute atomic E-state index is 13.3. The number of hydrogen-bond donors (Lipinski definition) is 0. The Kier molecular flexibility index (Phi) is 8.21. The van der Waals surface area contributed by atoms with Crippen LogP contribution in [0.15, 0.2) is 0 Å². The van der Waals surface area contributed by atoms with Crippen molar-refractivity contribution in [3.05, 3.63) is 22.5 Å². The van der Waals surface area contributed by atoms with Crippen molar-refractivity contribution in [3.63, 3.8) is 0 Å². The first-order chi connectivity index (χ1) is 12.6. The predicted molar refractivity (Wildman–Crippen MR) is 103 cm³/mol. The van der Waals surface area contributed by atoms with Crippen molar-refractivity contribution in [2.45, 2.75) is 47.6 Å². The van der Waals surface area contributed by atoms with Gasteiger partial charge in [0.25, 0.3) is 0 Å². The van der Waals surface area contributed by atoms with E-state index in [1.165, 1.54) is 0 Å². The maximum Gasteiger partial charge on any atom is 0.355 e. The summed E-state index contributed by atoms with van der Waals surface area (Å²) >= 11 is 0. The van der Waals surface area contributed by atoms with E-state index < -0.39 is 12.0 Å². The summed E-state index contributed by atoms with van der Waals surface area (Å²) in [4.78, 5) is 39.7. The van der Waals surface area contributed by atoms with Gasteiger partial charge in [-0.3, -0.25) is 9.59 Å². The third kappa shape index (κ3) is 4.77. The molecule has 1 atom stereocenters. The lowest BCUT2D eigenvalue weighted by Crippen LogP contribution is -2.46. The van der Waals surface area contributed by atoms with Gasteiger partial charge < -0.3 is 18.9 Å². The zero-order valence-corrected chi connectivity index (χ0v) is 17.7. The lowest BCUT2D eigenvalue weighted by molar-refractivity contribution is -0.136. The van der Waals surface area contributed by atoms with Crippen LogP contribution in [0.5, 0.6) is 0 Å². The summed E-state index contributed by atoms with van der Waals surface area (Å²) < 4.78 is 11.9. The number of methoxy groups -OCH3 is 1. The molecule has 0 fully saturated rings. The molecule has 0 radical (unpaired) electrons. The summed E-state index contributed by atoms with van der Waals surface area (Å²) in [5.41, 5.74) is 2.08. The predicted octanol–water partition coefficient (Wildman–Crippen LogP) is 2.52. The van der Waals surface area contributed by atoms with Crippen LogP contribution in [0.2, 0.25) is 0 Å². The van der Waals surface area contributed by atoms with Gasteiger partial charge in [0, 0.05) is 37.9 Å². The second kappa shape index (κ2) is 9.69. The van der Waals surface area contributed by atoms with E-state index in [0.717, 1.165) is 0 Å². The fraction of sp³-hybridized carbons (Fsp3) is 0.650. The number of carbonyl (C=O) groups is 3. The zero-order chi connectivity index (χ0) is 20.9. The van der Waals surface area contributed by atoms with Gasteiger partial charge in [-0.05, 0) is 33.3 Å². The number of amides is 1. The van der Waals surface area contributed by atoms with E-state index in [1.54, 1.807) is 65.2 Å².